The zero-order valence-corrected chi connectivity index (χ0v) is 12.0. The molecule has 0 fully saturated rings. The van der Waals surface area contributed by atoms with Gasteiger partial charge in [-0.15, -0.1) is 5.92 Å². The summed E-state index contributed by atoms with van der Waals surface area (Å²) in [5, 5.41) is 11.1. The van der Waals surface area contributed by atoms with Crippen LogP contribution in [0, 0.1) is 11.8 Å². The number of aromatic hydroxyl groups is 1. The van der Waals surface area contributed by atoms with Crippen molar-refractivity contribution in [2.45, 2.75) is 12.8 Å². The number of rotatable bonds is 2. The molecule has 0 amide bonds. The monoisotopic (exact) mass is 290 g/mol. The Hall–Kier alpha value is -2.99. The number of benzene rings is 2. The van der Waals surface area contributed by atoms with Gasteiger partial charge in [-0.1, -0.05) is 48.4 Å². The lowest BCUT2D eigenvalue weighted by Gasteiger charge is -2.13. The second-order valence-corrected chi connectivity index (χ2v) is 4.89. The van der Waals surface area contributed by atoms with Crippen LogP contribution in [-0.4, -0.2) is 5.11 Å². The number of hydrogen-bond acceptors (Lipinski definition) is 3. The Bertz CT molecular complexity index is 928. The fourth-order valence-corrected chi connectivity index (χ4v) is 2.51. The van der Waals surface area contributed by atoms with Crippen LogP contribution < -0.4 is 5.63 Å². The SMILES string of the molecule is CC#CC(c1ccccc1)c1c(O)c2ccccc2oc1=O. The van der Waals surface area contributed by atoms with Crippen molar-refractivity contribution in [3.63, 3.8) is 0 Å². The summed E-state index contributed by atoms with van der Waals surface area (Å²) in [6, 6.07) is 16.3. The first-order chi connectivity index (χ1) is 10.7. The summed E-state index contributed by atoms with van der Waals surface area (Å²) < 4.78 is 5.34. The summed E-state index contributed by atoms with van der Waals surface area (Å²) in [6.07, 6.45) is 0. The second kappa shape index (κ2) is 5.79. The normalized spacial score (nSPS) is 11.7. The molecule has 3 heteroatoms. The molecule has 0 radical (unpaired) electrons. The second-order valence-electron chi connectivity index (χ2n) is 4.89. The van der Waals surface area contributed by atoms with Crippen LogP contribution in [0.3, 0.4) is 0 Å². The molecule has 0 saturated heterocycles. The standard InChI is InChI=1S/C19H14O3/c1-2-8-14(13-9-4-3-5-10-13)17-18(20)15-11-6-7-12-16(15)22-19(17)21/h3-7,9-12,14,20H,1H3. The van der Waals surface area contributed by atoms with Crippen molar-refractivity contribution in [3.8, 4) is 17.6 Å². The van der Waals surface area contributed by atoms with E-state index >= 15 is 0 Å². The van der Waals surface area contributed by atoms with Gasteiger partial charge in [0, 0.05) is 0 Å². The first kappa shape index (κ1) is 14.0. The minimum atomic E-state index is -0.562. The molecule has 1 atom stereocenters. The van der Waals surface area contributed by atoms with Crippen LogP contribution in [-0.2, 0) is 0 Å². The summed E-state index contributed by atoms with van der Waals surface area (Å²) >= 11 is 0. The molecule has 0 bridgehead atoms. The van der Waals surface area contributed by atoms with E-state index in [0.29, 0.717) is 11.0 Å². The van der Waals surface area contributed by atoms with Gasteiger partial charge in [0.15, 0.2) is 0 Å². The molecular weight excluding hydrogens is 276 g/mol. The van der Waals surface area contributed by atoms with Gasteiger partial charge in [-0.25, -0.2) is 4.79 Å². The number of para-hydroxylation sites is 1. The number of hydrogen-bond donors (Lipinski definition) is 1. The molecule has 1 aromatic heterocycles. The number of fused-ring (bicyclic) bond motifs is 1. The fourth-order valence-electron chi connectivity index (χ4n) is 2.51. The molecule has 3 aromatic rings. The minimum absolute atomic E-state index is 0.0662. The molecule has 1 N–H and O–H groups in total. The molecule has 22 heavy (non-hydrogen) atoms. The van der Waals surface area contributed by atoms with E-state index in [1.165, 1.54) is 0 Å². The van der Waals surface area contributed by atoms with Crippen LogP contribution in [0.15, 0.2) is 63.8 Å². The van der Waals surface area contributed by atoms with E-state index in [-0.39, 0.29) is 11.3 Å². The largest absolute Gasteiger partial charge is 0.507 e. The maximum atomic E-state index is 12.3. The molecule has 3 rings (SSSR count). The van der Waals surface area contributed by atoms with Crippen LogP contribution in [0.1, 0.15) is 24.0 Å². The maximum Gasteiger partial charge on any atom is 0.344 e. The molecule has 1 unspecified atom stereocenters. The average Bonchev–Trinajstić information content (AvgIpc) is 2.55. The van der Waals surface area contributed by atoms with Crippen molar-refractivity contribution in [1.29, 1.82) is 0 Å². The molecule has 1 heterocycles. The quantitative estimate of drug-likeness (QED) is 0.579. The topological polar surface area (TPSA) is 50.4 Å². The van der Waals surface area contributed by atoms with Crippen molar-refractivity contribution < 1.29 is 9.52 Å². The smallest absolute Gasteiger partial charge is 0.344 e. The van der Waals surface area contributed by atoms with Gasteiger partial charge in [-0.05, 0) is 24.6 Å². The van der Waals surface area contributed by atoms with Crippen molar-refractivity contribution in [2.24, 2.45) is 0 Å². The molecule has 0 spiro atoms. The Morgan fingerprint density at radius 3 is 2.45 bits per heavy atom. The van der Waals surface area contributed by atoms with Gasteiger partial charge in [-0.2, -0.15) is 0 Å². The Kier molecular flexibility index (Phi) is 3.67. The van der Waals surface area contributed by atoms with Gasteiger partial charge < -0.3 is 9.52 Å². The van der Waals surface area contributed by atoms with E-state index in [1.54, 1.807) is 31.2 Å². The molecule has 0 aliphatic rings. The van der Waals surface area contributed by atoms with Gasteiger partial charge in [0.2, 0.25) is 0 Å². The zero-order valence-electron chi connectivity index (χ0n) is 12.0. The minimum Gasteiger partial charge on any atom is -0.507 e. The van der Waals surface area contributed by atoms with Crippen molar-refractivity contribution in [1.82, 2.24) is 0 Å². The van der Waals surface area contributed by atoms with Crippen molar-refractivity contribution in [2.75, 3.05) is 0 Å². The summed E-state index contributed by atoms with van der Waals surface area (Å²) in [5.41, 5.74) is 0.826. The molecular formula is C19H14O3. The predicted molar refractivity (Wildman–Crippen MR) is 85.9 cm³/mol. The summed E-state index contributed by atoms with van der Waals surface area (Å²) in [5.74, 6) is 5.23. The van der Waals surface area contributed by atoms with E-state index in [0.717, 1.165) is 5.56 Å². The van der Waals surface area contributed by atoms with Gasteiger partial charge >= 0.3 is 5.63 Å². The van der Waals surface area contributed by atoms with E-state index in [9.17, 15) is 9.90 Å². The molecule has 2 aromatic carbocycles. The van der Waals surface area contributed by atoms with Crippen LogP contribution in [0.25, 0.3) is 11.0 Å². The highest BCUT2D eigenvalue weighted by Gasteiger charge is 2.22. The van der Waals surface area contributed by atoms with Gasteiger partial charge in [0.25, 0.3) is 0 Å². The van der Waals surface area contributed by atoms with Crippen LogP contribution in [0.4, 0.5) is 0 Å². The van der Waals surface area contributed by atoms with Crippen molar-refractivity contribution >= 4 is 11.0 Å². The maximum absolute atomic E-state index is 12.3. The third-order valence-electron chi connectivity index (χ3n) is 3.53. The predicted octanol–water partition coefficient (Wildman–Crippen LogP) is 3.65. The van der Waals surface area contributed by atoms with Gasteiger partial charge in [0.1, 0.15) is 11.3 Å². The van der Waals surface area contributed by atoms with E-state index in [1.807, 2.05) is 30.3 Å². The van der Waals surface area contributed by atoms with Crippen molar-refractivity contribution in [3.05, 3.63) is 76.1 Å². The lowest BCUT2D eigenvalue weighted by atomic mass is 9.91. The van der Waals surface area contributed by atoms with Crippen LogP contribution in [0.5, 0.6) is 5.75 Å². The van der Waals surface area contributed by atoms with Crippen LogP contribution >= 0.6 is 0 Å². The highest BCUT2D eigenvalue weighted by atomic mass is 16.4. The highest BCUT2D eigenvalue weighted by molar-refractivity contribution is 5.84. The summed E-state index contributed by atoms with van der Waals surface area (Å²) in [7, 11) is 0. The average molecular weight is 290 g/mol. The molecule has 0 aliphatic carbocycles. The van der Waals surface area contributed by atoms with E-state index < -0.39 is 11.5 Å². The first-order valence-corrected chi connectivity index (χ1v) is 6.94. The highest BCUT2D eigenvalue weighted by Crippen LogP contribution is 2.33. The van der Waals surface area contributed by atoms with Gasteiger partial charge in [-0.3, -0.25) is 0 Å². The Morgan fingerprint density at radius 2 is 1.73 bits per heavy atom. The Balaban J connectivity index is 2.31. The van der Waals surface area contributed by atoms with Crippen LogP contribution in [0.2, 0.25) is 0 Å². The fraction of sp³-hybridized carbons (Fsp3) is 0.105. The van der Waals surface area contributed by atoms with E-state index in [2.05, 4.69) is 11.8 Å². The molecule has 0 saturated carbocycles. The third-order valence-corrected chi connectivity index (χ3v) is 3.53. The van der Waals surface area contributed by atoms with Gasteiger partial charge in [0.05, 0.1) is 16.9 Å². The Morgan fingerprint density at radius 1 is 1.05 bits per heavy atom. The third kappa shape index (κ3) is 2.36. The van der Waals surface area contributed by atoms with E-state index in [4.69, 9.17) is 4.42 Å². The zero-order chi connectivity index (χ0) is 15.5. The summed E-state index contributed by atoms with van der Waals surface area (Å²) in [4.78, 5) is 12.3. The summed E-state index contributed by atoms with van der Waals surface area (Å²) in [6.45, 7) is 1.70. The lowest BCUT2D eigenvalue weighted by molar-refractivity contribution is 0.456. The molecule has 0 aliphatic heterocycles. The first-order valence-electron chi connectivity index (χ1n) is 6.94. The molecule has 108 valence electrons. The lowest BCUT2D eigenvalue weighted by Crippen LogP contribution is -2.13. The Labute approximate surface area is 127 Å². The molecule has 3 nitrogen and oxygen atoms in total.